The van der Waals surface area contributed by atoms with Crippen molar-refractivity contribution < 1.29 is 34.4 Å². The summed E-state index contributed by atoms with van der Waals surface area (Å²) < 4.78 is 11.6. The van der Waals surface area contributed by atoms with Crippen LogP contribution in [0, 0.1) is 0 Å². The molecule has 180 valence electrons. The van der Waals surface area contributed by atoms with E-state index in [4.69, 9.17) is 9.47 Å². The fourth-order valence-electron chi connectivity index (χ4n) is 5.48. The van der Waals surface area contributed by atoms with E-state index < -0.39 is 30.1 Å². The van der Waals surface area contributed by atoms with Gasteiger partial charge >= 0.3 is 0 Å². The lowest BCUT2D eigenvalue weighted by molar-refractivity contribution is -0.138. The predicted octanol–water partition coefficient (Wildman–Crippen LogP) is 0.601. The topological polar surface area (TPSA) is 129 Å². The molecule has 1 aliphatic heterocycles. The maximum Gasteiger partial charge on any atom is 0.247 e. The molecule has 9 heteroatoms. The van der Waals surface area contributed by atoms with Gasteiger partial charge in [-0.15, -0.1) is 0 Å². The quantitative estimate of drug-likeness (QED) is 0.469. The molecule has 0 saturated heterocycles. The number of nitrogens with zero attached hydrogens (tertiary/aromatic N) is 1. The Morgan fingerprint density at radius 1 is 1.24 bits per heavy atom. The number of amides is 2. The van der Waals surface area contributed by atoms with Crippen molar-refractivity contribution in [3.63, 3.8) is 0 Å². The summed E-state index contributed by atoms with van der Waals surface area (Å²) >= 11 is 0. The van der Waals surface area contributed by atoms with Crippen LogP contribution in [0.4, 0.5) is 0 Å². The number of benzene rings is 1. The first-order valence-corrected chi connectivity index (χ1v) is 11.5. The second kappa shape index (κ2) is 9.70. The van der Waals surface area contributed by atoms with Crippen molar-refractivity contribution in [1.29, 1.82) is 0 Å². The summed E-state index contributed by atoms with van der Waals surface area (Å²) in [7, 11) is 1.49. The minimum absolute atomic E-state index is 0.00370. The molecule has 4 N–H and O–H groups in total. The second-order valence-corrected chi connectivity index (χ2v) is 8.88. The first-order chi connectivity index (χ1) is 15.9. The fourth-order valence-corrected chi connectivity index (χ4v) is 5.48. The third-order valence-electron chi connectivity index (χ3n) is 6.90. The van der Waals surface area contributed by atoms with Crippen LogP contribution in [0.2, 0.25) is 0 Å². The average molecular weight is 461 g/mol. The number of aliphatic hydroxyl groups excluding tert-OH is 3. The summed E-state index contributed by atoms with van der Waals surface area (Å²) in [5, 5.41) is 33.0. The highest BCUT2D eigenvalue weighted by Crippen LogP contribution is 2.51. The monoisotopic (exact) mass is 460 g/mol. The molecule has 1 aromatic carbocycles. The Bertz CT molecular complexity index is 941. The zero-order valence-electron chi connectivity index (χ0n) is 19.0. The van der Waals surface area contributed by atoms with Gasteiger partial charge in [-0.25, -0.2) is 0 Å². The van der Waals surface area contributed by atoms with Crippen LogP contribution in [0.5, 0.6) is 11.5 Å². The molecule has 3 aliphatic rings. The second-order valence-electron chi connectivity index (χ2n) is 8.88. The summed E-state index contributed by atoms with van der Waals surface area (Å²) in [4.78, 5) is 27.5. The van der Waals surface area contributed by atoms with Gasteiger partial charge in [0.2, 0.25) is 11.8 Å². The lowest BCUT2D eigenvalue weighted by atomic mass is 9.77. The number of fused-ring (bicyclic) bond motifs is 3. The number of ether oxygens (including phenoxy) is 2. The highest BCUT2D eigenvalue weighted by atomic mass is 16.5. The maximum absolute atomic E-state index is 13.2. The number of aliphatic hydroxyl groups is 3. The Balaban J connectivity index is 1.81. The van der Waals surface area contributed by atoms with Crippen LogP contribution in [0.3, 0.4) is 0 Å². The van der Waals surface area contributed by atoms with Gasteiger partial charge < -0.3 is 35.0 Å². The summed E-state index contributed by atoms with van der Waals surface area (Å²) in [6.45, 7) is 1.13. The van der Waals surface area contributed by atoms with Crippen LogP contribution in [-0.2, 0) is 16.2 Å². The van der Waals surface area contributed by atoms with E-state index in [0.717, 1.165) is 25.7 Å². The normalized spacial score (nSPS) is 26.2. The number of carbonyl (C=O) groups excluding carboxylic acids is 2. The molecular weight excluding hydrogens is 428 g/mol. The average Bonchev–Trinajstić information content (AvgIpc) is 3.46. The van der Waals surface area contributed by atoms with Crippen LogP contribution in [0.15, 0.2) is 23.8 Å². The van der Waals surface area contributed by atoms with Crippen molar-refractivity contribution in [2.75, 3.05) is 20.3 Å². The van der Waals surface area contributed by atoms with E-state index in [9.17, 15) is 24.9 Å². The van der Waals surface area contributed by atoms with Crippen molar-refractivity contribution >= 4 is 11.8 Å². The van der Waals surface area contributed by atoms with Crippen LogP contribution < -0.4 is 14.8 Å². The van der Waals surface area contributed by atoms with Crippen molar-refractivity contribution in [3.05, 3.63) is 34.9 Å². The Labute approximate surface area is 193 Å². The summed E-state index contributed by atoms with van der Waals surface area (Å²) in [6, 6.07) is 2.69. The SMILES string of the molecule is COc1cc(CO)cc2c1O[C@@H]1[C@@H](O)[C@H](N(C(C)=O)C3CCCC3)C=C(C(=O)NCCO)[C@H]21. The molecule has 2 aliphatic carbocycles. The third kappa shape index (κ3) is 4.20. The molecule has 1 aromatic rings. The largest absolute Gasteiger partial charge is 0.493 e. The van der Waals surface area contributed by atoms with E-state index in [1.165, 1.54) is 14.0 Å². The molecule has 0 unspecified atom stereocenters. The number of carbonyl (C=O) groups is 2. The van der Waals surface area contributed by atoms with E-state index in [0.29, 0.717) is 28.2 Å². The molecule has 0 spiro atoms. The molecule has 1 fully saturated rings. The molecule has 0 bridgehead atoms. The smallest absolute Gasteiger partial charge is 0.247 e. The molecule has 1 saturated carbocycles. The minimum Gasteiger partial charge on any atom is -0.493 e. The molecular formula is C24H32N2O7. The van der Waals surface area contributed by atoms with Crippen LogP contribution in [0.1, 0.15) is 49.7 Å². The lowest BCUT2D eigenvalue weighted by Gasteiger charge is -2.42. The fraction of sp³-hybridized carbons (Fsp3) is 0.583. The highest BCUT2D eigenvalue weighted by Gasteiger charge is 2.52. The van der Waals surface area contributed by atoms with E-state index in [1.807, 2.05) is 0 Å². The van der Waals surface area contributed by atoms with Crippen molar-refractivity contribution in [2.24, 2.45) is 0 Å². The Morgan fingerprint density at radius 3 is 2.58 bits per heavy atom. The molecule has 0 aromatic heterocycles. The van der Waals surface area contributed by atoms with Crippen molar-refractivity contribution in [1.82, 2.24) is 10.2 Å². The maximum atomic E-state index is 13.2. The summed E-state index contributed by atoms with van der Waals surface area (Å²) in [6.07, 6.45) is 3.53. The number of methoxy groups -OCH3 is 1. The van der Waals surface area contributed by atoms with Gasteiger partial charge in [-0.3, -0.25) is 9.59 Å². The van der Waals surface area contributed by atoms with E-state index in [1.54, 1.807) is 23.1 Å². The Hall–Kier alpha value is -2.62. The zero-order valence-corrected chi connectivity index (χ0v) is 19.0. The van der Waals surface area contributed by atoms with Gasteiger partial charge in [-0.05, 0) is 36.6 Å². The minimum atomic E-state index is -1.07. The van der Waals surface area contributed by atoms with Gasteiger partial charge in [0.05, 0.1) is 32.3 Å². The molecule has 33 heavy (non-hydrogen) atoms. The van der Waals surface area contributed by atoms with Gasteiger partial charge in [0.1, 0.15) is 12.2 Å². The van der Waals surface area contributed by atoms with E-state index in [-0.39, 0.29) is 31.7 Å². The standard InChI is InChI=1S/C24H32N2O7/c1-13(29)26(15-5-3-4-6-15)18-11-17(24(31)25-7-8-27)20-16-9-14(12-28)10-19(32-2)22(16)33-23(20)21(18)30/h9-11,15,18,20-21,23,27-28,30H,3-8,12H2,1-2H3,(H,25,31)/t18-,20+,21+,23+/m1/s1. The molecule has 9 nitrogen and oxygen atoms in total. The molecule has 4 atom stereocenters. The van der Waals surface area contributed by atoms with Crippen molar-refractivity contribution in [2.45, 2.75) is 69.4 Å². The molecule has 4 rings (SSSR count). The van der Waals surface area contributed by atoms with Gasteiger partial charge in [0.25, 0.3) is 0 Å². The number of nitrogens with one attached hydrogen (secondary N) is 1. The van der Waals surface area contributed by atoms with Crippen molar-refractivity contribution in [3.8, 4) is 11.5 Å². The number of hydrogen-bond donors (Lipinski definition) is 4. The first-order valence-electron chi connectivity index (χ1n) is 11.5. The summed E-state index contributed by atoms with van der Waals surface area (Å²) in [5.41, 5.74) is 1.60. The zero-order chi connectivity index (χ0) is 23.7. The van der Waals surface area contributed by atoms with E-state index >= 15 is 0 Å². The van der Waals surface area contributed by atoms with E-state index in [2.05, 4.69) is 5.32 Å². The van der Waals surface area contributed by atoms with Gasteiger partial charge in [0.15, 0.2) is 11.5 Å². The van der Waals surface area contributed by atoms with Crippen LogP contribution in [-0.4, -0.2) is 76.6 Å². The lowest BCUT2D eigenvalue weighted by Crippen LogP contribution is -2.57. The molecule has 1 heterocycles. The molecule has 2 amide bonds. The Morgan fingerprint density at radius 2 is 1.97 bits per heavy atom. The van der Waals surface area contributed by atoms with Gasteiger partial charge in [0, 0.05) is 30.6 Å². The van der Waals surface area contributed by atoms with Gasteiger partial charge in [-0.1, -0.05) is 12.8 Å². The first kappa shape index (κ1) is 23.5. The molecule has 0 radical (unpaired) electrons. The Kier molecular flexibility index (Phi) is 6.92. The van der Waals surface area contributed by atoms with Crippen LogP contribution in [0.25, 0.3) is 0 Å². The third-order valence-corrected chi connectivity index (χ3v) is 6.90. The highest BCUT2D eigenvalue weighted by molar-refractivity contribution is 5.96. The number of rotatable bonds is 7. The number of hydrogen-bond acceptors (Lipinski definition) is 7. The predicted molar refractivity (Wildman–Crippen MR) is 119 cm³/mol. The van der Waals surface area contributed by atoms with Crippen LogP contribution >= 0.6 is 0 Å². The van der Waals surface area contributed by atoms with Gasteiger partial charge in [-0.2, -0.15) is 0 Å². The summed E-state index contributed by atoms with van der Waals surface area (Å²) in [5.74, 6) is -0.339.